The summed E-state index contributed by atoms with van der Waals surface area (Å²) in [4.78, 5) is 0. The molecule has 1 atom stereocenters. The van der Waals surface area contributed by atoms with Crippen LogP contribution < -0.4 is 15.2 Å². The zero-order valence-corrected chi connectivity index (χ0v) is 11.8. The summed E-state index contributed by atoms with van der Waals surface area (Å²) in [5, 5.41) is 0. The third kappa shape index (κ3) is 4.84. The predicted molar refractivity (Wildman–Crippen MR) is 78.4 cm³/mol. The van der Waals surface area contributed by atoms with Gasteiger partial charge in [-0.1, -0.05) is 6.07 Å². The summed E-state index contributed by atoms with van der Waals surface area (Å²) < 4.78 is 11.1. The lowest BCUT2D eigenvalue weighted by molar-refractivity contribution is 0.287. The van der Waals surface area contributed by atoms with Crippen molar-refractivity contribution in [3.05, 3.63) is 23.8 Å². The molecule has 0 saturated carbocycles. The first kappa shape index (κ1) is 15.4. The predicted octanol–water partition coefficient (Wildman–Crippen LogP) is 3.29. The second-order valence-electron chi connectivity index (χ2n) is 4.28. The molecule has 0 aromatic heterocycles. The van der Waals surface area contributed by atoms with Crippen LogP contribution in [-0.2, 0) is 0 Å². The molecule has 0 radical (unpaired) electrons. The van der Waals surface area contributed by atoms with Crippen molar-refractivity contribution in [1.29, 1.82) is 0 Å². The average Bonchev–Trinajstić information content (AvgIpc) is 2.41. The van der Waals surface area contributed by atoms with Crippen LogP contribution in [-0.4, -0.2) is 13.2 Å². The highest BCUT2D eigenvalue weighted by Gasteiger charge is 2.11. The molecule has 1 rings (SSSR count). The Morgan fingerprint density at radius 1 is 1.21 bits per heavy atom. The van der Waals surface area contributed by atoms with Crippen molar-refractivity contribution in [1.82, 2.24) is 0 Å². The highest BCUT2D eigenvalue weighted by atomic mass is 16.5. The number of benzene rings is 1. The quantitative estimate of drug-likeness (QED) is 0.577. The van der Waals surface area contributed by atoms with Crippen LogP contribution in [0.2, 0.25) is 0 Å². The van der Waals surface area contributed by atoms with E-state index in [9.17, 15) is 0 Å². The lowest BCUT2D eigenvalue weighted by Gasteiger charge is -2.16. The van der Waals surface area contributed by atoms with Crippen LogP contribution in [0.4, 0.5) is 0 Å². The Bertz CT molecular complexity index is 423. The van der Waals surface area contributed by atoms with Crippen LogP contribution in [0.3, 0.4) is 0 Å². The molecule has 3 heteroatoms. The van der Waals surface area contributed by atoms with Crippen molar-refractivity contribution >= 4 is 0 Å². The standard InChI is InChI=1S/C16H23NO2/c1-4-7-8-9-14(17)13-10-11-15(18-5-2)16(12-13)19-6-3/h1,10-12,14H,5-9,17H2,2-3H3. The molecular weight excluding hydrogens is 238 g/mol. The zero-order valence-electron chi connectivity index (χ0n) is 11.8. The molecule has 2 N–H and O–H groups in total. The Morgan fingerprint density at radius 3 is 2.53 bits per heavy atom. The first-order valence-electron chi connectivity index (χ1n) is 6.81. The minimum atomic E-state index is -0.0109. The van der Waals surface area contributed by atoms with Crippen LogP contribution in [0.25, 0.3) is 0 Å². The van der Waals surface area contributed by atoms with Gasteiger partial charge in [0.25, 0.3) is 0 Å². The minimum Gasteiger partial charge on any atom is -0.490 e. The van der Waals surface area contributed by atoms with E-state index >= 15 is 0 Å². The van der Waals surface area contributed by atoms with Gasteiger partial charge in [-0.2, -0.15) is 0 Å². The maximum Gasteiger partial charge on any atom is 0.161 e. The second-order valence-corrected chi connectivity index (χ2v) is 4.28. The maximum atomic E-state index is 6.16. The summed E-state index contributed by atoms with van der Waals surface area (Å²) in [5.74, 6) is 4.16. The third-order valence-corrected chi connectivity index (χ3v) is 2.83. The largest absolute Gasteiger partial charge is 0.490 e. The summed E-state index contributed by atoms with van der Waals surface area (Å²) in [5.41, 5.74) is 7.22. The van der Waals surface area contributed by atoms with Crippen molar-refractivity contribution in [2.45, 2.75) is 39.2 Å². The first-order chi connectivity index (χ1) is 9.22. The van der Waals surface area contributed by atoms with Gasteiger partial charge >= 0.3 is 0 Å². The smallest absolute Gasteiger partial charge is 0.161 e. The fourth-order valence-electron chi connectivity index (χ4n) is 1.89. The van der Waals surface area contributed by atoms with Crippen molar-refractivity contribution in [3.63, 3.8) is 0 Å². The van der Waals surface area contributed by atoms with Crippen LogP contribution in [0.5, 0.6) is 11.5 Å². The molecule has 0 fully saturated rings. The Balaban J connectivity index is 2.79. The fraction of sp³-hybridized carbons (Fsp3) is 0.500. The highest BCUT2D eigenvalue weighted by molar-refractivity contribution is 5.43. The van der Waals surface area contributed by atoms with Crippen molar-refractivity contribution < 1.29 is 9.47 Å². The van der Waals surface area contributed by atoms with Gasteiger partial charge in [0.15, 0.2) is 11.5 Å². The van der Waals surface area contributed by atoms with Gasteiger partial charge in [-0.15, -0.1) is 12.3 Å². The van der Waals surface area contributed by atoms with E-state index in [1.165, 1.54) is 0 Å². The zero-order chi connectivity index (χ0) is 14.1. The van der Waals surface area contributed by atoms with Crippen LogP contribution in [0.1, 0.15) is 44.7 Å². The molecule has 1 aromatic rings. The molecule has 0 aliphatic rings. The third-order valence-electron chi connectivity index (χ3n) is 2.83. The Labute approximate surface area is 116 Å². The SMILES string of the molecule is C#CCCCC(N)c1ccc(OCC)c(OCC)c1. The number of unbranched alkanes of at least 4 members (excludes halogenated alkanes) is 1. The fourth-order valence-corrected chi connectivity index (χ4v) is 1.89. The monoisotopic (exact) mass is 261 g/mol. The number of rotatable bonds is 8. The molecule has 3 nitrogen and oxygen atoms in total. The molecule has 0 saturated heterocycles. The normalized spacial score (nSPS) is 11.7. The average molecular weight is 261 g/mol. The van der Waals surface area contributed by atoms with Crippen LogP contribution >= 0.6 is 0 Å². The maximum absolute atomic E-state index is 6.16. The molecule has 0 spiro atoms. The van der Waals surface area contributed by atoms with Crippen molar-refractivity contribution in [3.8, 4) is 23.8 Å². The number of ether oxygens (including phenoxy) is 2. The van der Waals surface area contributed by atoms with Gasteiger partial charge in [0.05, 0.1) is 13.2 Å². The molecule has 1 unspecified atom stereocenters. The minimum absolute atomic E-state index is 0.0109. The lowest BCUT2D eigenvalue weighted by Crippen LogP contribution is -2.10. The van der Waals surface area contributed by atoms with E-state index in [0.717, 1.165) is 36.3 Å². The summed E-state index contributed by atoms with van der Waals surface area (Å²) >= 11 is 0. The van der Waals surface area contributed by atoms with E-state index in [-0.39, 0.29) is 6.04 Å². The summed E-state index contributed by atoms with van der Waals surface area (Å²) in [6.45, 7) is 5.13. The van der Waals surface area contributed by atoms with Gasteiger partial charge in [0.1, 0.15) is 0 Å². The summed E-state index contributed by atoms with van der Waals surface area (Å²) in [6, 6.07) is 5.87. The van der Waals surface area contributed by atoms with Gasteiger partial charge in [-0.25, -0.2) is 0 Å². The second kappa shape index (κ2) is 8.44. The summed E-state index contributed by atoms with van der Waals surface area (Å²) in [7, 11) is 0. The molecule has 0 amide bonds. The van der Waals surface area contributed by atoms with Crippen LogP contribution in [0, 0.1) is 12.3 Å². The van der Waals surface area contributed by atoms with E-state index in [2.05, 4.69) is 5.92 Å². The molecule has 1 aromatic carbocycles. The molecule has 0 heterocycles. The van der Waals surface area contributed by atoms with Gasteiger partial charge in [0.2, 0.25) is 0 Å². The van der Waals surface area contributed by atoms with Gasteiger partial charge < -0.3 is 15.2 Å². The van der Waals surface area contributed by atoms with E-state index in [4.69, 9.17) is 21.6 Å². The van der Waals surface area contributed by atoms with Gasteiger partial charge in [-0.3, -0.25) is 0 Å². The highest BCUT2D eigenvalue weighted by Crippen LogP contribution is 2.31. The van der Waals surface area contributed by atoms with E-state index < -0.39 is 0 Å². The van der Waals surface area contributed by atoms with Gasteiger partial charge in [-0.05, 0) is 44.4 Å². The number of nitrogens with two attached hydrogens (primary N) is 1. The topological polar surface area (TPSA) is 44.5 Å². The Morgan fingerprint density at radius 2 is 1.89 bits per heavy atom. The number of hydrogen-bond donors (Lipinski definition) is 1. The lowest BCUT2D eigenvalue weighted by atomic mass is 10.0. The Kier molecular flexibility index (Phi) is 6.84. The molecule has 19 heavy (non-hydrogen) atoms. The molecule has 104 valence electrons. The van der Waals surface area contributed by atoms with Crippen molar-refractivity contribution in [2.24, 2.45) is 5.73 Å². The van der Waals surface area contributed by atoms with E-state index in [0.29, 0.717) is 13.2 Å². The Hall–Kier alpha value is -1.66. The first-order valence-corrected chi connectivity index (χ1v) is 6.81. The molecule has 0 aliphatic carbocycles. The molecular formula is C16H23NO2. The number of terminal acetylenes is 1. The van der Waals surface area contributed by atoms with E-state index in [1.807, 2.05) is 32.0 Å². The van der Waals surface area contributed by atoms with E-state index in [1.54, 1.807) is 0 Å². The summed E-state index contributed by atoms with van der Waals surface area (Å²) in [6.07, 6.45) is 7.83. The molecule has 0 bridgehead atoms. The molecule has 0 aliphatic heterocycles. The van der Waals surface area contributed by atoms with Gasteiger partial charge in [0, 0.05) is 12.5 Å². The number of hydrogen-bond acceptors (Lipinski definition) is 3. The van der Waals surface area contributed by atoms with Crippen LogP contribution in [0.15, 0.2) is 18.2 Å². The van der Waals surface area contributed by atoms with Crippen molar-refractivity contribution in [2.75, 3.05) is 13.2 Å².